The molecule has 0 bridgehead atoms. The Hall–Kier alpha value is -3.35. The van der Waals surface area contributed by atoms with E-state index in [1.807, 2.05) is 30.3 Å². The van der Waals surface area contributed by atoms with Gasteiger partial charge in [-0.05, 0) is 30.7 Å². The number of ether oxygens (including phenoxy) is 2. The molecule has 1 amide bonds. The molecule has 0 fully saturated rings. The van der Waals surface area contributed by atoms with Crippen molar-refractivity contribution in [2.24, 2.45) is 0 Å². The summed E-state index contributed by atoms with van der Waals surface area (Å²) in [5.74, 6) is -1.10. The number of esters is 1. The van der Waals surface area contributed by atoms with Crippen molar-refractivity contribution in [3.8, 4) is 0 Å². The van der Waals surface area contributed by atoms with Gasteiger partial charge in [0.1, 0.15) is 5.82 Å². The number of rotatable bonds is 7. The third-order valence-corrected chi connectivity index (χ3v) is 4.12. The standard InChI is InChI=1S/C21H23FN2O4/c1-15(23-13-16-8-5-4-6-9-16)19(20(25)27-2)14-24(21(26)28-3)18-11-7-10-17(22)12-18/h4-12,23H,13-14H2,1-3H3/b19-15-. The van der Waals surface area contributed by atoms with Crippen LogP contribution in [0.25, 0.3) is 0 Å². The summed E-state index contributed by atoms with van der Waals surface area (Å²) in [6.07, 6.45) is -0.720. The molecule has 0 aliphatic rings. The van der Waals surface area contributed by atoms with E-state index in [9.17, 15) is 14.0 Å². The molecule has 0 radical (unpaired) electrons. The first kappa shape index (κ1) is 21.0. The Morgan fingerprint density at radius 3 is 2.36 bits per heavy atom. The number of benzene rings is 2. The Balaban J connectivity index is 2.31. The van der Waals surface area contributed by atoms with Crippen LogP contribution < -0.4 is 10.2 Å². The number of nitrogens with zero attached hydrogens (tertiary/aromatic N) is 1. The minimum absolute atomic E-state index is 0.142. The van der Waals surface area contributed by atoms with Gasteiger partial charge in [0.25, 0.3) is 0 Å². The Morgan fingerprint density at radius 1 is 1.04 bits per heavy atom. The highest BCUT2D eigenvalue weighted by Gasteiger charge is 2.24. The molecule has 2 aromatic carbocycles. The molecule has 0 spiro atoms. The highest BCUT2D eigenvalue weighted by atomic mass is 19.1. The zero-order valence-electron chi connectivity index (χ0n) is 16.1. The molecule has 0 atom stereocenters. The maximum atomic E-state index is 13.6. The van der Waals surface area contributed by atoms with Crippen molar-refractivity contribution < 1.29 is 23.5 Å². The molecule has 7 heteroatoms. The van der Waals surface area contributed by atoms with Crippen LogP contribution in [0.1, 0.15) is 12.5 Å². The maximum absolute atomic E-state index is 13.6. The summed E-state index contributed by atoms with van der Waals surface area (Å²) in [4.78, 5) is 25.8. The van der Waals surface area contributed by atoms with Gasteiger partial charge in [-0.15, -0.1) is 0 Å². The number of carbonyl (C=O) groups is 2. The molecule has 0 aliphatic carbocycles. The lowest BCUT2D eigenvalue weighted by Gasteiger charge is -2.23. The van der Waals surface area contributed by atoms with Gasteiger partial charge < -0.3 is 14.8 Å². The van der Waals surface area contributed by atoms with Crippen molar-refractivity contribution in [3.05, 3.63) is 77.2 Å². The Bertz CT molecular complexity index is 852. The summed E-state index contributed by atoms with van der Waals surface area (Å²) < 4.78 is 23.3. The average Bonchev–Trinajstić information content (AvgIpc) is 2.72. The van der Waals surface area contributed by atoms with Crippen molar-refractivity contribution in [2.45, 2.75) is 13.5 Å². The van der Waals surface area contributed by atoms with E-state index in [4.69, 9.17) is 9.47 Å². The van der Waals surface area contributed by atoms with E-state index in [2.05, 4.69) is 5.32 Å². The number of allylic oxidation sites excluding steroid dienone is 1. The minimum Gasteiger partial charge on any atom is -0.466 e. The Kier molecular flexibility index (Phi) is 7.56. The normalized spacial score (nSPS) is 11.3. The molecule has 0 saturated carbocycles. The zero-order chi connectivity index (χ0) is 20.5. The second kappa shape index (κ2) is 10.1. The van der Waals surface area contributed by atoms with Crippen LogP contribution in [0.5, 0.6) is 0 Å². The van der Waals surface area contributed by atoms with E-state index in [1.54, 1.807) is 13.0 Å². The molecule has 1 N–H and O–H groups in total. The summed E-state index contributed by atoms with van der Waals surface area (Å²) in [6.45, 7) is 2.07. The summed E-state index contributed by atoms with van der Waals surface area (Å²) in [7, 11) is 2.48. The van der Waals surface area contributed by atoms with E-state index in [-0.39, 0.29) is 17.8 Å². The summed E-state index contributed by atoms with van der Waals surface area (Å²) >= 11 is 0. The lowest BCUT2D eigenvalue weighted by Crippen LogP contribution is -2.36. The third-order valence-electron chi connectivity index (χ3n) is 4.12. The second-order valence-electron chi connectivity index (χ2n) is 5.97. The average molecular weight is 386 g/mol. The van der Waals surface area contributed by atoms with E-state index < -0.39 is 17.9 Å². The quantitative estimate of drug-likeness (QED) is 0.581. The number of carbonyl (C=O) groups excluding carboxylic acids is 2. The summed E-state index contributed by atoms with van der Waals surface area (Å²) in [6, 6.07) is 15.1. The lowest BCUT2D eigenvalue weighted by molar-refractivity contribution is -0.136. The van der Waals surface area contributed by atoms with Gasteiger partial charge in [0.15, 0.2) is 0 Å². The Morgan fingerprint density at radius 2 is 1.75 bits per heavy atom. The van der Waals surface area contributed by atoms with Gasteiger partial charge in [-0.25, -0.2) is 14.0 Å². The van der Waals surface area contributed by atoms with Crippen molar-refractivity contribution in [1.29, 1.82) is 0 Å². The highest BCUT2D eigenvalue weighted by Crippen LogP contribution is 2.19. The molecule has 2 rings (SSSR count). The number of nitrogens with one attached hydrogen (secondary N) is 1. The summed E-state index contributed by atoms with van der Waals surface area (Å²) in [5, 5.41) is 3.17. The van der Waals surface area contributed by atoms with Crippen LogP contribution in [0.2, 0.25) is 0 Å². The topological polar surface area (TPSA) is 67.9 Å². The fraction of sp³-hybridized carbons (Fsp3) is 0.238. The number of halogens is 1. The fourth-order valence-electron chi connectivity index (χ4n) is 2.57. The van der Waals surface area contributed by atoms with Gasteiger partial charge in [0, 0.05) is 12.2 Å². The SMILES string of the molecule is COC(=O)/C(CN(C(=O)OC)c1cccc(F)c1)=C(/C)NCc1ccccc1. The Labute approximate surface area is 163 Å². The van der Waals surface area contributed by atoms with E-state index >= 15 is 0 Å². The number of hydrogen-bond donors (Lipinski definition) is 1. The smallest absolute Gasteiger partial charge is 0.414 e. The van der Waals surface area contributed by atoms with Gasteiger partial charge in [0.2, 0.25) is 0 Å². The van der Waals surface area contributed by atoms with Crippen LogP contribution in [0.4, 0.5) is 14.9 Å². The van der Waals surface area contributed by atoms with Crippen LogP contribution in [0, 0.1) is 5.82 Å². The molecule has 0 unspecified atom stereocenters. The maximum Gasteiger partial charge on any atom is 0.414 e. The first-order valence-corrected chi connectivity index (χ1v) is 8.63. The van der Waals surface area contributed by atoms with Crippen LogP contribution >= 0.6 is 0 Å². The van der Waals surface area contributed by atoms with Crippen molar-refractivity contribution in [3.63, 3.8) is 0 Å². The van der Waals surface area contributed by atoms with Crippen molar-refractivity contribution >= 4 is 17.7 Å². The van der Waals surface area contributed by atoms with Crippen LogP contribution in [-0.4, -0.2) is 32.8 Å². The molecule has 28 heavy (non-hydrogen) atoms. The predicted molar refractivity (Wildman–Crippen MR) is 104 cm³/mol. The van der Waals surface area contributed by atoms with Gasteiger partial charge in [-0.2, -0.15) is 0 Å². The fourth-order valence-corrected chi connectivity index (χ4v) is 2.57. The monoisotopic (exact) mass is 386 g/mol. The number of anilines is 1. The van der Waals surface area contributed by atoms with Gasteiger partial charge >= 0.3 is 12.1 Å². The van der Waals surface area contributed by atoms with Crippen LogP contribution in [0.15, 0.2) is 65.9 Å². The first-order valence-electron chi connectivity index (χ1n) is 8.63. The van der Waals surface area contributed by atoms with Crippen LogP contribution in [0.3, 0.4) is 0 Å². The predicted octanol–water partition coefficient (Wildman–Crippen LogP) is 3.64. The first-order chi connectivity index (χ1) is 13.5. The second-order valence-corrected chi connectivity index (χ2v) is 5.97. The molecule has 6 nitrogen and oxygen atoms in total. The van der Waals surface area contributed by atoms with Gasteiger partial charge in [-0.3, -0.25) is 4.90 Å². The number of amides is 1. The van der Waals surface area contributed by atoms with Crippen molar-refractivity contribution in [1.82, 2.24) is 5.32 Å². The molecular weight excluding hydrogens is 363 g/mol. The minimum atomic E-state index is -0.720. The van der Waals surface area contributed by atoms with Gasteiger partial charge in [0.05, 0.1) is 32.0 Å². The highest BCUT2D eigenvalue weighted by molar-refractivity contribution is 5.94. The summed E-state index contributed by atoms with van der Waals surface area (Å²) in [5.41, 5.74) is 2.07. The van der Waals surface area contributed by atoms with E-state index in [1.165, 1.54) is 37.3 Å². The van der Waals surface area contributed by atoms with E-state index in [0.717, 1.165) is 5.56 Å². The van der Waals surface area contributed by atoms with Crippen LogP contribution in [-0.2, 0) is 20.8 Å². The largest absolute Gasteiger partial charge is 0.466 e. The molecular formula is C21H23FN2O4. The van der Waals surface area contributed by atoms with E-state index in [0.29, 0.717) is 12.2 Å². The molecule has 0 saturated heterocycles. The molecule has 0 aromatic heterocycles. The molecule has 2 aromatic rings. The third kappa shape index (κ3) is 5.57. The lowest BCUT2D eigenvalue weighted by atomic mass is 10.1. The molecule has 0 heterocycles. The number of methoxy groups -OCH3 is 2. The molecule has 148 valence electrons. The van der Waals surface area contributed by atoms with Gasteiger partial charge in [-0.1, -0.05) is 36.4 Å². The molecule has 0 aliphatic heterocycles. The zero-order valence-corrected chi connectivity index (χ0v) is 16.1. The van der Waals surface area contributed by atoms with Crippen molar-refractivity contribution in [2.75, 3.05) is 25.7 Å². The number of hydrogen-bond acceptors (Lipinski definition) is 5.